The number of benzene rings is 1. The minimum absolute atomic E-state index is 0.271. The number of rotatable bonds is 2. The van der Waals surface area contributed by atoms with Crippen molar-refractivity contribution in [1.82, 2.24) is 4.98 Å². The first kappa shape index (κ1) is 12.2. The quantitative estimate of drug-likeness (QED) is 0.919. The molecule has 2 aromatic rings. The molecule has 2 heterocycles. The van der Waals surface area contributed by atoms with E-state index in [4.69, 9.17) is 11.6 Å². The molecule has 1 fully saturated rings. The Balaban J connectivity index is 1.89. The largest absolute Gasteiger partial charge is 0.396 e. The number of halogens is 1. The van der Waals surface area contributed by atoms with E-state index < -0.39 is 0 Å². The molecule has 96 valence electrons. The molecule has 1 unspecified atom stereocenters. The van der Waals surface area contributed by atoms with Gasteiger partial charge in [-0.1, -0.05) is 22.9 Å². The van der Waals surface area contributed by atoms with E-state index in [9.17, 15) is 5.11 Å². The third-order valence-corrected chi connectivity index (χ3v) is 4.70. The Morgan fingerprint density at radius 1 is 1.50 bits per heavy atom. The zero-order valence-electron chi connectivity index (χ0n) is 9.97. The lowest BCUT2D eigenvalue weighted by atomic mass is 10.00. The van der Waals surface area contributed by atoms with E-state index in [1.807, 2.05) is 18.2 Å². The second kappa shape index (κ2) is 5.03. The third-order valence-electron chi connectivity index (χ3n) is 3.39. The van der Waals surface area contributed by atoms with Crippen LogP contribution in [0.3, 0.4) is 0 Å². The number of aromatic nitrogens is 1. The van der Waals surface area contributed by atoms with Crippen LogP contribution in [0.4, 0.5) is 5.13 Å². The Labute approximate surface area is 115 Å². The van der Waals surface area contributed by atoms with Gasteiger partial charge in [-0.05, 0) is 37.0 Å². The van der Waals surface area contributed by atoms with E-state index in [2.05, 4.69) is 9.88 Å². The highest BCUT2D eigenvalue weighted by molar-refractivity contribution is 7.22. The zero-order valence-corrected chi connectivity index (χ0v) is 11.5. The second-order valence-corrected chi connectivity index (χ2v) is 6.19. The molecule has 1 N–H and O–H groups in total. The first-order valence-corrected chi connectivity index (χ1v) is 7.37. The van der Waals surface area contributed by atoms with Crippen molar-refractivity contribution in [3.63, 3.8) is 0 Å². The summed E-state index contributed by atoms with van der Waals surface area (Å²) in [6, 6.07) is 5.80. The lowest BCUT2D eigenvalue weighted by molar-refractivity contribution is 0.208. The van der Waals surface area contributed by atoms with Crippen molar-refractivity contribution in [3.05, 3.63) is 23.2 Å². The normalized spacial score (nSPS) is 20.6. The summed E-state index contributed by atoms with van der Waals surface area (Å²) < 4.78 is 1.13. The van der Waals surface area contributed by atoms with Crippen LogP contribution in [0.5, 0.6) is 0 Å². The molecular weight excluding hydrogens is 268 g/mol. The Kier molecular flexibility index (Phi) is 3.41. The molecule has 3 nitrogen and oxygen atoms in total. The van der Waals surface area contributed by atoms with Gasteiger partial charge in [0.15, 0.2) is 5.13 Å². The molecule has 5 heteroatoms. The number of hydrogen-bond acceptors (Lipinski definition) is 4. The number of aliphatic hydroxyl groups excluding tert-OH is 1. The first-order valence-electron chi connectivity index (χ1n) is 6.18. The number of hydrogen-bond donors (Lipinski definition) is 1. The summed E-state index contributed by atoms with van der Waals surface area (Å²) in [5.74, 6) is 0.384. The van der Waals surface area contributed by atoms with Gasteiger partial charge in [0.05, 0.1) is 10.2 Å². The maximum absolute atomic E-state index is 9.27. The fourth-order valence-electron chi connectivity index (χ4n) is 2.41. The van der Waals surface area contributed by atoms with Crippen molar-refractivity contribution in [2.24, 2.45) is 5.92 Å². The van der Waals surface area contributed by atoms with Gasteiger partial charge in [0.2, 0.25) is 0 Å². The highest BCUT2D eigenvalue weighted by Gasteiger charge is 2.21. The van der Waals surface area contributed by atoms with Crippen LogP contribution >= 0.6 is 22.9 Å². The summed E-state index contributed by atoms with van der Waals surface area (Å²) in [6.45, 7) is 2.21. The van der Waals surface area contributed by atoms with Crippen molar-refractivity contribution < 1.29 is 5.11 Å². The highest BCUT2D eigenvalue weighted by atomic mass is 35.5. The Hall–Kier alpha value is -0.840. The number of fused-ring (bicyclic) bond motifs is 1. The van der Waals surface area contributed by atoms with Crippen LogP contribution in [0, 0.1) is 5.92 Å². The number of anilines is 1. The molecule has 1 aliphatic heterocycles. The van der Waals surface area contributed by atoms with Gasteiger partial charge in [0.1, 0.15) is 0 Å². The molecule has 0 spiro atoms. The molecule has 0 bridgehead atoms. The van der Waals surface area contributed by atoms with E-state index in [1.165, 1.54) is 0 Å². The average Bonchev–Trinajstić information content (AvgIpc) is 2.81. The van der Waals surface area contributed by atoms with Crippen molar-refractivity contribution >= 4 is 38.3 Å². The molecular formula is C13H15ClN2OS. The summed E-state index contributed by atoms with van der Waals surface area (Å²) in [5, 5.41) is 11.1. The molecule has 0 aliphatic carbocycles. The predicted octanol–water partition coefficient (Wildman–Crippen LogP) is 3.16. The van der Waals surface area contributed by atoms with Crippen molar-refractivity contribution in [2.45, 2.75) is 12.8 Å². The van der Waals surface area contributed by atoms with Gasteiger partial charge >= 0.3 is 0 Å². The second-order valence-electron chi connectivity index (χ2n) is 4.75. The molecule has 1 aromatic carbocycles. The highest BCUT2D eigenvalue weighted by Crippen LogP contribution is 2.32. The lowest BCUT2D eigenvalue weighted by Gasteiger charge is -2.31. The smallest absolute Gasteiger partial charge is 0.186 e. The van der Waals surface area contributed by atoms with Crippen LogP contribution in [-0.4, -0.2) is 29.8 Å². The van der Waals surface area contributed by atoms with Gasteiger partial charge in [0, 0.05) is 24.7 Å². The standard InChI is InChI=1S/C13H15ClN2OS/c14-10-3-4-11-12(6-10)18-13(15-11)16-5-1-2-9(7-16)8-17/h3-4,6,9,17H,1-2,5,7-8H2. The van der Waals surface area contributed by atoms with Crippen molar-refractivity contribution in [1.29, 1.82) is 0 Å². The minimum Gasteiger partial charge on any atom is -0.396 e. The topological polar surface area (TPSA) is 36.4 Å². The number of thiazole rings is 1. The van der Waals surface area contributed by atoms with Crippen LogP contribution in [0.15, 0.2) is 18.2 Å². The Morgan fingerprint density at radius 2 is 2.39 bits per heavy atom. The molecule has 18 heavy (non-hydrogen) atoms. The maximum Gasteiger partial charge on any atom is 0.186 e. The van der Waals surface area contributed by atoms with Crippen LogP contribution in [-0.2, 0) is 0 Å². The van der Waals surface area contributed by atoms with Gasteiger partial charge in [0.25, 0.3) is 0 Å². The number of piperidine rings is 1. The molecule has 1 aromatic heterocycles. The van der Waals surface area contributed by atoms with Crippen molar-refractivity contribution in [3.8, 4) is 0 Å². The zero-order chi connectivity index (χ0) is 12.5. The van der Waals surface area contributed by atoms with Crippen molar-refractivity contribution in [2.75, 3.05) is 24.6 Å². The molecule has 3 rings (SSSR count). The molecule has 1 aliphatic rings. The number of nitrogens with zero attached hydrogens (tertiary/aromatic N) is 2. The van der Waals surface area contributed by atoms with Gasteiger partial charge in [-0.15, -0.1) is 0 Å². The SMILES string of the molecule is OCC1CCCN(c2nc3ccc(Cl)cc3s2)C1. The summed E-state index contributed by atoms with van der Waals surface area (Å²) in [5.41, 5.74) is 1.01. The van der Waals surface area contributed by atoms with E-state index in [0.29, 0.717) is 5.92 Å². The first-order chi connectivity index (χ1) is 8.76. The Morgan fingerprint density at radius 3 is 3.22 bits per heavy atom. The molecule has 0 radical (unpaired) electrons. The third kappa shape index (κ3) is 2.32. The summed E-state index contributed by atoms with van der Waals surface area (Å²) in [4.78, 5) is 6.93. The summed E-state index contributed by atoms with van der Waals surface area (Å²) in [6.07, 6.45) is 2.24. The lowest BCUT2D eigenvalue weighted by Crippen LogP contribution is -2.36. The van der Waals surface area contributed by atoms with Crippen LogP contribution < -0.4 is 4.90 Å². The van der Waals surface area contributed by atoms with Gasteiger partial charge in [-0.2, -0.15) is 0 Å². The fourth-order valence-corrected chi connectivity index (χ4v) is 3.69. The monoisotopic (exact) mass is 282 g/mol. The fraction of sp³-hybridized carbons (Fsp3) is 0.462. The van der Waals surface area contributed by atoms with Gasteiger partial charge in [-0.25, -0.2) is 4.98 Å². The molecule has 1 atom stereocenters. The van der Waals surface area contributed by atoms with Gasteiger partial charge in [-0.3, -0.25) is 0 Å². The maximum atomic E-state index is 9.27. The van der Waals surface area contributed by atoms with E-state index >= 15 is 0 Å². The van der Waals surface area contributed by atoms with E-state index in [1.54, 1.807) is 11.3 Å². The summed E-state index contributed by atoms with van der Waals surface area (Å²) >= 11 is 7.67. The van der Waals surface area contributed by atoms with Crippen LogP contribution in [0.1, 0.15) is 12.8 Å². The van der Waals surface area contributed by atoms with Crippen LogP contribution in [0.25, 0.3) is 10.2 Å². The molecule has 0 saturated carbocycles. The predicted molar refractivity (Wildman–Crippen MR) is 76.7 cm³/mol. The number of aliphatic hydroxyl groups is 1. The Bertz CT molecular complexity index is 557. The van der Waals surface area contributed by atoms with Crippen LogP contribution in [0.2, 0.25) is 5.02 Å². The van der Waals surface area contributed by atoms with E-state index in [-0.39, 0.29) is 6.61 Å². The summed E-state index contributed by atoms with van der Waals surface area (Å²) in [7, 11) is 0. The van der Waals surface area contributed by atoms with E-state index in [0.717, 1.165) is 46.3 Å². The average molecular weight is 283 g/mol. The molecule has 1 saturated heterocycles. The van der Waals surface area contributed by atoms with Gasteiger partial charge < -0.3 is 10.0 Å². The molecule has 0 amide bonds. The minimum atomic E-state index is 0.271.